The summed E-state index contributed by atoms with van der Waals surface area (Å²) in [5.41, 5.74) is 5.63. The molecule has 0 amide bonds. The quantitative estimate of drug-likeness (QED) is 0.854. The van der Waals surface area contributed by atoms with Crippen molar-refractivity contribution in [3.8, 4) is 11.5 Å². The molecule has 3 N–H and O–H groups in total. The van der Waals surface area contributed by atoms with Gasteiger partial charge in [-0.15, -0.1) is 0 Å². The van der Waals surface area contributed by atoms with Crippen LogP contribution in [0.5, 0.6) is 11.5 Å². The van der Waals surface area contributed by atoms with E-state index in [9.17, 15) is 8.42 Å². The van der Waals surface area contributed by atoms with E-state index < -0.39 is 15.6 Å². The highest BCUT2D eigenvalue weighted by Gasteiger charge is 2.24. The number of benzene rings is 1. The van der Waals surface area contributed by atoms with Gasteiger partial charge in [0.2, 0.25) is 10.0 Å². The van der Waals surface area contributed by atoms with Crippen molar-refractivity contribution in [1.82, 2.24) is 4.72 Å². The first-order valence-electron chi connectivity index (χ1n) is 6.13. The van der Waals surface area contributed by atoms with E-state index in [0.29, 0.717) is 17.1 Å². The van der Waals surface area contributed by atoms with E-state index in [1.807, 2.05) is 0 Å². The van der Waals surface area contributed by atoms with Gasteiger partial charge in [0.15, 0.2) is 11.5 Å². The standard InChI is InChI=1S/C13H22N2O4S/c1-13(2,3)15-20(16,17)10-6-9(8-14)12(19-5)11(7-10)18-4/h6-7,15H,8,14H2,1-5H3. The third kappa shape index (κ3) is 3.84. The molecule has 1 rings (SSSR count). The minimum atomic E-state index is -3.65. The summed E-state index contributed by atoms with van der Waals surface area (Å²) in [6.45, 7) is 5.47. The van der Waals surface area contributed by atoms with Crippen LogP contribution in [0.1, 0.15) is 26.3 Å². The van der Waals surface area contributed by atoms with Crippen molar-refractivity contribution in [1.29, 1.82) is 0 Å². The van der Waals surface area contributed by atoms with E-state index in [-0.39, 0.29) is 11.4 Å². The van der Waals surface area contributed by atoms with Crippen molar-refractivity contribution in [2.45, 2.75) is 37.8 Å². The van der Waals surface area contributed by atoms with Gasteiger partial charge in [-0.25, -0.2) is 13.1 Å². The molecule has 0 saturated carbocycles. The average Bonchev–Trinajstić information content (AvgIpc) is 2.33. The Morgan fingerprint density at radius 3 is 2.20 bits per heavy atom. The van der Waals surface area contributed by atoms with Gasteiger partial charge in [-0.05, 0) is 26.8 Å². The van der Waals surface area contributed by atoms with Crippen LogP contribution in [-0.4, -0.2) is 28.2 Å². The summed E-state index contributed by atoms with van der Waals surface area (Å²) >= 11 is 0. The number of hydrogen-bond donors (Lipinski definition) is 2. The highest BCUT2D eigenvalue weighted by atomic mass is 32.2. The lowest BCUT2D eigenvalue weighted by atomic mass is 10.1. The van der Waals surface area contributed by atoms with Crippen LogP contribution in [0.25, 0.3) is 0 Å². The maximum atomic E-state index is 12.3. The van der Waals surface area contributed by atoms with Gasteiger partial charge in [-0.3, -0.25) is 0 Å². The average molecular weight is 302 g/mol. The van der Waals surface area contributed by atoms with Gasteiger partial charge >= 0.3 is 0 Å². The van der Waals surface area contributed by atoms with E-state index in [2.05, 4.69) is 4.72 Å². The third-order valence-corrected chi connectivity index (χ3v) is 4.24. The normalized spacial score (nSPS) is 12.3. The van der Waals surface area contributed by atoms with E-state index in [1.54, 1.807) is 20.8 Å². The van der Waals surface area contributed by atoms with Crippen molar-refractivity contribution in [3.63, 3.8) is 0 Å². The van der Waals surface area contributed by atoms with Gasteiger partial charge in [0.25, 0.3) is 0 Å². The topological polar surface area (TPSA) is 90.7 Å². The first-order valence-corrected chi connectivity index (χ1v) is 7.62. The van der Waals surface area contributed by atoms with Crippen LogP contribution in [0.2, 0.25) is 0 Å². The third-order valence-electron chi connectivity index (χ3n) is 2.50. The number of nitrogens with two attached hydrogens (primary N) is 1. The Labute approximate surface area is 120 Å². The molecule has 0 aliphatic heterocycles. The Balaban J connectivity index is 3.40. The second-order valence-electron chi connectivity index (χ2n) is 5.38. The smallest absolute Gasteiger partial charge is 0.241 e. The summed E-state index contributed by atoms with van der Waals surface area (Å²) in [6, 6.07) is 2.92. The first kappa shape index (κ1) is 16.7. The number of nitrogens with one attached hydrogen (secondary N) is 1. The summed E-state index contributed by atoms with van der Waals surface area (Å²) in [4.78, 5) is 0.102. The van der Waals surface area contributed by atoms with Gasteiger partial charge in [-0.1, -0.05) is 0 Å². The number of ether oxygens (including phenoxy) is 2. The lowest BCUT2D eigenvalue weighted by molar-refractivity contribution is 0.350. The van der Waals surface area contributed by atoms with E-state index >= 15 is 0 Å². The maximum Gasteiger partial charge on any atom is 0.241 e. The molecular formula is C13H22N2O4S. The maximum absolute atomic E-state index is 12.3. The summed E-state index contributed by atoms with van der Waals surface area (Å²) in [5, 5.41) is 0. The molecule has 0 bridgehead atoms. The number of methoxy groups -OCH3 is 2. The van der Waals surface area contributed by atoms with Gasteiger partial charge in [0, 0.05) is 23.7 Å². The summed E-state index contributed by atoms with van der Waals surface area (Å²) in [6.07, 6.45) is 0. The molecule has 6 nitrogen and oxygen atoms in total. The Bertz CT molecular complexity index is 552. The predicted molar refractivity (Wildman–Crippen MR) is 77.5 cm³/mol. The first-order chi connectivity index (χ1) is 9.14. The Morgan fingerprint density at radius 1 is 1.20 bits per heavy atom. The minimum absolute atomic E-state index is 0.102. The minimum Gasteiger partial charge on any atom is -0.493 e. The Kier molecular flexibility index (Phi) is 5.01. The predicted octanol–water partition coefficient (Wildman–Crippen LogP) is 1.24. The SMILES string of the molecule is COc1cc(S(=O)(=O)NC(C)(C)C)cc(CN)c1OC. The summed E-state index contributed by atoms with van der Waals surface area (Å²) in [7, 11) is -0.714. The highest BCUT2D eigenvalue weighted by Crippen LogP contribution is 2.34. The molecule has 0 aromatic heterocycles. The van der Waals surface area contributed by atoms with Gasteiger partial charge in [0.1, 0.15) is 0 Å². The molecule has 0 unspecified atom stereocenters. The molecule has 7 heteroatoms. The molecule has 0 atom stereocenters. The van der Waals surface area contributed by atoms with Crippen LogP contribution in [0.15, 0.2) is 17.0 Å². The van der Waals surface area contributed by atoms with Crippen LogP contribution in [0, 0.1) is 0 Å². The molecule has 0 saturated heterocycles. The van der Waals surface area contributed by atoms with E-state index in [4.69, 9.17) is 15.2 Å². The van der Waals surface area contributed by atoms with Crippen LogP contribution in [-0.2, 0) is 16.6 Å². The van der Waals surface area contributed by atoms with Crippen molar-refractivity contribution in [2.75, 3.05) is 14.2 Å². The van der Waals surface area contributed by atoms with Gasteiger partial charge in [0.05, 0.1) is 19.1 Å². The molecule has 0 heterocycles. The molecule has 0 spiro atoms. The molecular weight excluding hydrogens is 280 g/mol. The molecule has 0 aliphatic carbocycles. The zero-order chi connectivity index (χ0) is 15.6. The van der Waals surface area contributed by atoms with E-state index in [0.717, 1.165) is 0 Å². The molecule has 0 radical (unpaired) electrons. The second-order valence-corrected chi connectivity index (χ2v) is 7.06. The number of sulfonamides is 1. The Morgan fingerprint density at radius 2 is 1.80 bits per heavy atom. The number of rotatable bonds is 5. The Hall–Kier alpha value is -1.31. The lowest BCUT2D eigenvalue weighted by Gasteiger charge is -2.21. The van der Waals surface area contributed by atoms with Crippen LogP contribution < -0.4 is 19.9 Å². The lowest BCUT2D eigenvalue weighted by Crippen LogP contribution is -2.40. The fourth-order valence-electron chi connectivity index (χ4n) is 1.78. The zero-order valence-corrected chi connectivity index (χ0v) is 13.3. The van der Waals surface area contributed by atoms with Gasteiger partial charge in [-0.2, -0.15) is 0 Å². The van der Waals surface area contributed by atoms with Crippen LogP contribution >= 0.6 is 0 Å². The summed E-state index contributed by atoms with van der Waals surface area (Å²) < 4.78 is 37.6. The largest absolute Gasteiger partial charge is 0.493 e. The molecule has 0 aliphatic rings. The van der Waals surface area contributed by atoms with Crippen molar-refractivity contribution >= 4 is 10.0 Å². The van der Waals surface area contributed by atoms with Crippen LogP contribution in [0.4, 0.5) is 0 Å². The van der Waals surface area contributed by atoms with E-state index in [1.165, 1.54) is 26.4 Å². The van der Waals surface area contributed by atoms with Crippen molar-refractivity contribution in [2.24, 2.45) is 5.73 Å². The fraction of sp³-hybridized carbons (Fsp3) is 0.538. The summed E-state index contributed by atoms with van der Waals surface area (Å²) in [5.74, 6) is 0.787. The zero-order valence-electron chi connectivity index (χ0n) is 12.5. The molecule has 114 valence electrons. The molecule has 1 aromatic rings. The highest BCUT2D eigenvalue weighted by molar-refractivity contribution is 7.89. The van der Waals surface area contributed by atoms with Crippen LogP contribution in [0.3, 0.4) is 0 Å². The molecule has 20 heavy (non-hydrogen) atoms. The van der Waals surface area contributed by atoms with Crippen molar-refractivity contribution < 1.29 is 17.9 Å². The monoisotopic (exact) mass is 302 g/mol. The second kappa shape index (κ2) is 5.99. The number of hydrogen-bond acceptors (Lipinski definition) is 5. The van der Waals surface area contributed by atoms with Crippen molar-refractivity contribution in [3.05, 3.63) is 17.7 Å². The molecule has 1 aromatic carbocycles. The fourth-order valence-corrected chi connectivity index (χ4v) is 3.27. The molecule has 0 fully saturated rings. The van der Waals surface area contributed by atoms with Gasteiger partial charge < -0.3 is 15.2 Å².